The zero-order valence-corrected chi connectivity index (χ0v) is 18.8. The first-order chi connectivity index (χ1) is 13.9. The summed E-state index contributed by atoms with van der Waals surface area (Å²) in [5, 5.41) is 3.69. The van der Waals surface area contributed by atoms with Gasteiger partial charge in [-0.1, -0.05) is 55.8 Å². The van der Waals surface area contributed by atoms with E-state index in [1.165, 1.54) is 11.8 Å². The van der Waals surface area contributed by atoms with Gasteiger partial charge in [-0.3, -0.25) is 9.59 Å². The SMILES string of the molecule is CC[C@H](C)NC(=O)[C@H](CC)N(Cc1ccccc1)C(=O)CSc1ccc(Cl)cc1. The summed E-state index contributed by atoms with van der Waals surface area (Å²) in [7, 11) is 0. The second-order valence-corrected chi connectivity index (χ2v) is 8.48. The maximum absolute atomic E-state index is 13.1. The average Bonchev–Trinajstić information content (AvgIpc) is 2.73. The first-order valence-corrected chi connectivity index (χ1v) is 11.3. The van der Waals surface area contributed by atoms with E-state index in [4.69, 9.17) is 11.6 Å². The van der Waals surface area contributed by atoms with E-state index in [2.05, 4.69) is 5.32 Å². The van der Waals surface area contributed by atoms with Crippen LogP contribution in [0.25, 0.3) is 0 Å². The largest absolute Gasteiger partial charge is 0.352 e. The van der Waals surface area contributed by atoms with Crippen molar-refractivity contribution in [3.8, 4) is 0 Å². The Labute approximate surface area is 183 Å². The molecule has 29 heavy (non-hydrogen) atoms. The van der Waals surface area contributed by atoms with Crippen molar-refractivity contribution in [1.82, 2.24) is 10.2 Å². The highest BCUT2D eigenvalue weighted by molar-refractivity contribution is 8.00. The summed E-state index contributed by atoms with van der Waals surface area (Å²) in [5.74, 6) is 0.115. The van der Waals surface area contributed by atoms with Crippen molar-refractivity contribution in [1.29, 1.82) is 0 Å². The van der Waals surface area contributed by atoms with E-state index in [0.717, 1.165) is 16.9 Å². The number of amides is 2. The average molecular weight is 433 g/mol. The third-order valence-corrected chi connectivity index (χ3v) is 6.01. The predicted molar refractivity (Wildman–Crippen MR) is 121 cm³/mol. The Bertz CT molecular complexity index is 783. The number of hydrogen-bond donors (Lipinski definition) is 1. The Hall–Kier alpha value is -1.98. The van der Waals surface area contributed by atoms with Crippen molar-refractivity contribution >= 4 is 35.2 Å². The number of hydrogen-bond acceptors (Lipinski definition) is 3. The fourth-order valence-electron chi connectivity index (χ4n) is 2.90. The number of carbonyl (C=O) groups excluding carboxylic acids is 2. The molecule has 2 atom stereocenters. The van der Waals surface area contributed by atoms with Crippen LogP contribution in [0.3, 0.4) is 0 Å². The van der Waals surface area contributed by atoms with Crippen LogP contribution in [0.4, 0.5) is 0 Å². The van der Waals surface area contributed by atoms with E-state index >= 15 is 0 Å². The molecule has 2 amide bonds. The third-order valence-electron chi connectivity index (χ3n) is 4.76. The van der Waals surface area contributed by atoms with Crippen LogP contribution in [0.1, 0.15) is 39.2 Å². The summed E-state index contributed by atoms with van der Waals surface area (Å²) in [6, 6.07) is 16.8. The zero-order chi connectivity index (χ0) is 21.2. The zero-order valence-electron chi connectivity index (χ0n) is 17.2. The van der Waals surface area contributed by atoms with Gasteiger partial charge in [-0.2, -0.15) is 0 Å². The highest BCUT2D eigenvalue weighted by Crippen LogP contribution is 2.22. The number of nitrogens with one attached hydrogen (secondary N) is 1. The van der Waals surface area contributed by atoms with Crippen molar-refractivity contribution in [2.75, 3.05) is 5.75 Å². The van der Waals surface area contributed by atoms with Crippen LogP contribution in [0.2, 0.25) is 5.02 Å². The molecule has 0 aromatic heterocycles. The van der Waals surface area contributed by atoms with Gasteiger partial charge in [-0.15, -0.1) is 11.8 Å². The molecule has 1 N–H and O–H groups in total. The normalized spacial score (nSPS) is 12.8. The molecule has 0 spiro atoms. The smallest absolute Gasteiger partial charge is 0.243 e. The molecule has 2 aromatic carbocycles. The number of benzene rings is 2. The van der Waals surface area contributed by atoms with Crippen LogP contribution in [-0.4, -0.2) is 34.6 Å². The number of rotatable bonds is 10. The van der Waals surface area contributed by atoms with E-state index in [1.807, 2.05) is 75.4 Å². The highest BCUT2D eigenvalue weighted by Gasteiger charge is 2.29. The number of halogens is 1. The standard InChI is InChI=1S/C23H29ClN2O2S/c1-4-17(3)25-23(28)21(5-2)26(15-18-9-7-6-8-10-18)22(27)16-29-20-13-11-19(24)12-14-20/h6-14,17,21H,4-5,15-16H2,1-3H3,(H,25,28)/t17-,21-/m0/s1. The van der Waals surface area contributed by atoms with Gasteiger partial charge in [0.15, 0.2) is 0 Å². The molecule has 0 bridgehead atoms. The fraction of sp³-hybridized carbons (Fsp3) is 0.391. The van der Waals surface area contributed by atoms with Crippen LogP contribution in [-0.2, 0) is 16.1 Å². The van der Waals surface area contributed by atoms with Gasteiger partial charge in [-0.25, -0.2) is 0 Å². The van der Waals surface area contributed by atoms with Crippen LogP contribution < -0.4 is 5.32 Å². The van der Waals surface area contributed by atoms with Gasteiger partial charge in [0.25, 0.3) is 0 Å². The summed E-state index contributed by atoms with van der Waals surface area (Å²) in [5.41, 5.74) is 1.01. The molecule has 0 aliphatic rings. The quantitative estimate of drug-likeness (QED) is 0.528. The van der Waals surface area contributed by atoms with Gasteiger partial charge < -0.3 is 10.2 Å². The van der Waals surface area contributed by atoms with Gasteiger partial charge >= 0.3 is 0 Å². The maximum Gasteiger partial charge on any atom is 0.243 e. The lowest BCUT2D eigenvalue weighted by Crippen LogP contribution is -2.51. The molecule has 0 heterocycles. The van der Waals surface area contributed by atoms with Crippen LogP contribution in [0, 0.1) is 0 Å². The monoisotopic (exact) mass is 432 g/mol. The van der Waals surface area contributed by atoms with Crippen molar-refractivity contribution in [3.05, 3.63) is 65.2 Å². The second-order valence-electron chi connectivity index (χ2n) is 6.99. The lowest BCUT2D eigenvalue weighted by Gasteiger charge is -2.31. The highest BCUT2D eigenvalue weighted by atomic mass is 35.5. The van der Waals surface area contributed by atoms with Crippen LogP contribution in [0.15, 0.2) is 59.5 Å². The molecular weight excluding hydrogens is 404 g/mol. The van der Waals surface area contributed by atoms with E-state index in [0.29, 0.717) is 18.0 Å². The fourth-order valence-corrected chi connectivity index (χ4v) is 3.81. The number of nitrogens with zero attached hydrogens (tertiary/aromatic N) is 1. The molecule has 0 radical (unpaired) electrons. The van der Waals surface area contributed by atoms with Crippen molar-refractivity contribution in [3.63, 3.8) is 0 Å². The van der Waals surface area contributed by atoms with Gasteiger partial charge in [-0.05, 0) is 49.6 Å². The molecule has 0 aliphatic heterocycles. The number of carbonyl (C=O) groups is 2. The Balaban J connectivity index is 2.16. The second kappa shape index (κ2) is 11.9. The molecular formula is C23H29ClN2O2S. The van der Waals surface area contributed by atoms with Gasteiger partial charge in [0.2, 0.25) is 11.8 Å². The minimum Gasteiger partial charge on any atom is -0.352 e. The summed E-state index contributed by atoms with van der Waals surface area (Å²) in [6.07, 6.45) is 1.41. The Morgan fingerprint density at radius 2 is 1.69 bits per heavy atom. The molecule has 6 heteroatoms. The van der Waals surface area contributed by atoms with Gasteiger partial charge in [0, 0.05) is 22.5 Å². The lowest BCUT2D eigenvalue weighted by molar-refractivity contribution is -0.139. The lowest BCUT2D eigenvalue weighted by atomic mass is 10.1. The predicted octanol–water partition coefficient (Wildman–Crippen LogP) is 5.15. The van der Waals surface area contributed by atoms with E-state index in [-0.39, 0.29) is 23.6 Å². The van der Waals surface area contributed by atoms with Crippen LogP contribution >= 0.6 is 23.4 Å². The first kappa shape index (κ1) is 23.3. The third kappa shape index (κ3) is 7.41. The molecule has 2 aromatic rings. The van der Waals surface area contributed by atoms with Crippen molar-refractivity contribution in [2.24, 2.45) is 0 Å². The van der Waals surface area contributed by atoms with Crippen LogP contribution in [0.5, 0.6) is 0 Å². The van der Waals surface area contributed by atoms with E-state index in [1.54, 1.807) is 4.90 Å². The Kier molecular flexibility index (Phi) is 9.55. The summed E-state index contributed by atoms with van der Waals surface area (Å²) in [4.78, 5) is 28.7. The molecule has 0 unspecified atom stereocenters. The molecule has 0 fully saturated rings. The molecule has 4 nitrogen and oxygen atoms in total. The van der Waals surface area contributed by atoms with Crippen molar-refractivity contribution in [2.45, 2.75) is 57.1 Å². The molecule has 0 aliphatic carbocycles. The molecule has 156 valence electrons. The molecule has 0 saturated carbocycles. The number of thioether (sulfide) groups is 1. The summed E-state index contributed by atoms with van der Waals surface area (Å²) >= 11 is 7.39. The van der Waals surface area contributed by atoms with Crippen molar-refractivity contribution < 1.29 is 9.59 Å². The molecule has 0 saturated heterocycles. The first-order valence-electron chi connectivity index (χ1n) is 9.96. The minimum absolute atomic E-state index is 0.0556. The summed E-state index contributed by atoms with van der Waals surface area (Å²) in [6.45, 7) is 6.36. The van der Waals surface area contributed by atoms with Gasteiger partial charge in [0.05, 0.1) is 5.75 Å². The summed E-state index contributed by atoms with van der Waals surface area (Å²) < 4.78 is 0. The Morgan fingerprint density at radius 3 is 2.28 bits per heavy atom. The van der Waals surface area contributed by atoms with Gasteiger partial charge in [0.1, 0.15) is 6.04 Å². The minimum atomic E-state index is -0.498. The topological polar surface area (TPSA) is 49.4 Å². The Morgan fingerprint density at radius 1 is 1.03 bits per heavy atom. The maximum atomic E-state index is 13.1. The molecule has 2 rings (SSSR count). The van der Waals surface area contributed by atoms with E-state index < -0.39 is 6.04 Å². The van der Waals surface area contributed by atoms with E-state index in [9.17, 15) is 9.59 Å².